The van der Waals surface area contributed by atoms with Crippen molar-refractivity contribution >= 4 is 33.3 Å². The van der Waals surface area contributed by atoms with Crippen molar-refractivity contribution in [1.82, 2.24) is 14.8 Å². The predicted octanol–water partition coefficient (Wildman–Crippen LogP) is 4.17. The van der Waals surface area contributed by atoms with E-state index in [0.29, 0.717) is 11.6 Å². The Morgan fingerprint density at radius 3 is 3.00 bits per heavy atom. The van der Waals surface area contributed by atoms with Crippen molar-refractivity contribution in [3.05, 3.63) is 41.0 Å². The topological polar surface area (TPSA) is 59.8 Å². The van der Waals surface area contributed by atoms with E-state index in [1.54, 1.807) is 16.8 Å². The van der Waals surface area contributed by atoms with Crippen LogP contribution in [0.2, 0.25) is 0 Å². The van der Waals surface area contributed by atoms with Crippen LogP contribution in [0, 0.1) is 6.92 Å². The van der Waals surface area contributed by atoms with Crippen LogP contribution < -0.4 is 5.32 Å². The van der Waals surface area contributed by atoms with Crippen LogP contribution in [0.3, 0.4) is 0 Å². The first kappa shape index (κ1) is 14.4. The summed E-state index contributed by atoms with van der Waals surface area (Å²) in [6, 6.07) is 6.02. The maximum absolute atomic E-state index is 12.6. The van der Waals surface area contributed by atoms with Crippen molar-refractivity contribution in [2.24, 2.45) is 0 Å². The van der Waals surface area contributed by atoms with Gasteiger partial charge in [0.25, 0.3) is 5.91 Å². The summed E-state index contributed by atoms with van der Waals surface area (Å²) >= 11 is 1.54. The largest absolute Gasteiger partial charge is 0.307 e. The Labute approximate surface area is 138 Å². The lowest BCUT2D eigenvalue weighted by molar-refractivity contribution is 0.102. The van der Waals surface area contributed by atoms with Gasteiger partial charge in [-0.25, -0.2) is 9.67 Å². The zero-order valence-electron chi connectivity index (χ0n) is 13.0. The molecule has 0 bridgehead atoms. The van der Waals surface area contributed by atoms with Crippen molar-refractivity contribution in [2.45, 2.75) is 38.6 Å². The molecule has 0 unspecified atom stereocenters. The first-order chi connectivity index (χ1) is 11.2. The molecule has 2 aromatic heterocycles. The van der Waals surface area contributed by atoms with Crippen LogP contribution in [-0.2, 0) is 0 Å². The summed E-state index contributed by atoms with van der Waals surface area (Å²) in [7, 11) is 0. The Kier molecular flexibility index (Phi) is 3.61. The molecule has 0 radical (unpaired) electrons. The van der Waals surface area contributed by atoms with Gasteiger partial charge in [-0.3, -0.25) is 4.79 Å². The van der Waals surface area contributed by atoms with E-state index in [1.807, 2.05) is 36.0 Å². The Morgan fingerprint density at radius 2 is 2.17 bits per heavy atom. The minimum atomic E-state index is -0.0943. The summed E-state index contributed by atoms with van der Waals surface area (Å²) in [5.41, 5.74) is 4.38. The number of thiazole rings is 1. The van der Waals surface area contributed by atoms with Crippen molar-refractivity contribution < 1.29 is 4.79 Å². The maximum atomic E-state index is 12.6. The van der Waals surface area contributed by atoms with Gasteiger partial charge in [0.15, 0.2) is 0 Å². The third kappa shape index (κ3) is 2.63. The molecule has 4 rings (SSSR count). The number of fused-ring (bicyclic) bond motifs is 1. The molecule has 1 aromatic carbocycles. The minimum absolute atomic E-state index is 0.0943. The number of amides is 1. The van der Waals surface area contributed by atoms with Gasteiger partial charge in [0.1, 0.15) is 5.82 Å². The number of carbonyl (C=O) groups is 1. The molecule has 23 heavy (non-hydrogen) atoms. The summed E-state index contributed by atoms with van der Waals surface area (Å²) in [6.45, 7) is 1.99. The molecule has 5 nitrogen and oxygen atoms in total. The molecule has 1 N–H and O–H groups in total. The highest BCUT2D eigenvalue weighted by atomic mass is 32.1. The Balaban J connectivity index is 1.62. The molecule has 1 saturated carbocycles. The van der Waals surface area contributed by atoms with Crippen molar-refractivity contribution in [3.63, 3.8) is 0 Å². The molecular formula is C17H18N4OS. The van der Waals surface area contributed by atoms with E-state index in [0.717, 1.165) is 34.4 Å². The van der Waals surface area contributed by atoms with Crippen molar-refractivity contribution in [3.8, 4) is 0 Å². The number of rotatable bonds is 3. The molecule has 0 saturated heterocycles. The van der Waals surface area contributed by atoms with E-state index in [1.165, 1.54) is 12.8 Å². The van der Waals surface area contributed by atoms with Crippen LogP contribution in [0.25, 0.3) is 10.2 Å². The normalized spacial score (nSPS) is 15.3. The van der Waals surface area contributed by atoms with E-state index in [9.17, 15) is 4.79 Å². The fourth-order valence-electron chi connectivity index (χ4n) is 3.21. The van der Waals surface area contributed by atoms with Gasteiger partial charge in [0.2, 0.25) is 0 Å². The van der Waals surface area contributed by atoms with Crippen molar-refractivity contribution in [1.29, 1.82) is 0 Å². The number of nitrogens with zero attached hydrogens (tertiary/aromatic N) is 3. The number of aromatic nitrogens is 3. The van der Waals surface area contributed by atoms with Crippen LogP contribution >= 0.6 is 11.3 Å². The number of anilines is 1. The smallest absolute Gasteiger partial charge is 0.256 e. The average Bonchev–Trinajstić information content (AvgIpc) is 3.28. The zero-order valence-corrected chi connectivity index (χ0v) is 13.8. The van der Waals surface area contributed by atoms with Gasteiger partial charge >= 0.3 is 0 Å². The molecule has 1 aliphatic carbocycles. The van der Waals surface area contributed by atoms with Gasteiger partial charge in [-0.2, -0.15) is 5.10 Å². The fourth-order valence-corrected chi connectivity index (χ4v) is 3.92. The second kappa shape index (κ2) is 5.77. The molecule has 1 fully saturated rings. The number of benzene rings is 1. The van der Waals surface area contributed by atoms with Gasteiger partial charge < -0.3 is 5.32 Å². The molecule has 3 aromatic rings. The number of aryl methyl sites for hydroxylation is 1. The van der Waals surface area contributed by atoms with E-state index < -0.39 is 0 Å². The van der Waals surface area contributed by atoms with Crippen LogP contribution in [-0.4, -0.2) is 20.7 Å². The highest BCUT2D eigenvalue weighted by Gasteiger charge is 2.22. The van der Waals surface area contributed by atoms with E-state index in [-0.39, 0.29) is 5.91 Å². The first-order valence-electron chi connectivity index (χ1n) is 7.91. The Hall–Kier alpha value is -2.21. The molecular weight excluding hydrogens is 308 g/mol. The molecule has 2 heterocycles. The lowest BCUT2D eigenvalue weighted by Crippen LogP contribution is -2.18. The average molecular weight is 326 g/mol. The summed E-state index contributed by atoms with van der Waals surface area (Å²) in [5, 5.41) is 7.53. The highest BCUT2D eigenvalue weighted by molar-refractivity contribution is 7.16. The minimum Gasteiger partial charge on any atom is -0.307 e. The molecule has 0 aliphatic heterocycles. The third-order valence-electron chi connectivity index (χ3n) is 4.47. The SMILES string of the molecule is Cc1cnn(C2CCCC2)c1NC(=O)c1ccc2ncsc2c1. The van der Waals surface area contributed by atoms with Crippen LogP contribution in [0.15, 0.2) is 29.9 Å². The summed E-state index contributed by atoms with van der Waals surface area (Å²) in [6.07, 6.45) is 6.58. The summed E-state index contributed by atoms with van der Waals surface area (Å²) < 4.78 is 3.02. The molecule has 0 atom stereocenters. The van der Waals surface area contributed by atoms with Gasteiger partial charge in [0.05, 0.1) is 28.0 Å². The monoisotopic (exact) mass is 326 g/mol. The van der Waals surface area contributed by atoms with Gasteiger partial charge in [-0.1, -0.05) is 12.8 Å². The van der Waals surface area contributed by atoms with Crippen LogP contribution in [0.4, 0.5) is 5.82 Å². The fraction of sp³-hybridized carbons (Fsp3) is 0.353. The van der Waals surface area contributed by atoms with Crippen molar-refractivity contribution in [2.75, 3.05) is 5.32 Å². The molecule has 118 valence electrons. The Morgan fingerprint density at radius 1 is 1.35 bits per heavy atom. The molecule has 6 heteroatoms. The van der Waals surface area contributed by atoms with Gasteiger partial charge in [0, 0.05) is 11.1 Å². The highest BCUT2D eigenvalue weighted by Crippen LogP contribution is 2.32. The lowest BCUT2D eigenvalue weighted by atomic mass is 10.2. The van der Waals surface area contributed by atoms with E-state index in [4.69, 9.17) is 0 Å². The number of carbonyl (C=O) groups excluding carboxylic acids is 1. The summed E-state index contributed by atoms with van der Waals surface area (Å²) in [5.74, 6) is 0.731. The maximum Gasteiger partial charge on any atom is 0.256 e. The molecule has 1 amide bonds. The predicted molar refractivity (Wildman–Crippen MR) is 92.0 cm³/mol. The molecule has 0 spiro atoms. The second-order valence-electron chi connectivity index (χ2n) is 6.05. The second-order valence-corrected chi connectivity index (χ2v) is 6.93. The number of nitrogens with one attached hydrogen (secondary N) is 1. The molecule has 1 aliphatic rings. The standard InChI is InChI=1S/C17H18N4OS/c1-11-9-19-21(13-4-2-3-5-13)16(11)20-17(22)12-6-7-14-15(8-12)23-10-18-14/h6-10,13H,2-5H2,1H3,(H,20,22). The number of hydrogen-bond acceptors (Lipinski definition) is 4. The van der Waals surface area contributed by atoms with E-state index in [2.05, 4.69) is 15.4 Å². The van der Waals surface area contributed by atoms with E-state index >= 15 is 0 Å². The van der Waals surface area contributed by atoms with Crippen LogP contribution in [0.1, 0.15) is 47.6 Å². The number of hydrogen-bond donors (Lipinski definition) is 1. The third-order valence-corrected chi connectivity index (χ3v) is 5.27. The first-order valence-corrected chi connectivity index (χ1v) is 8.79. The van der Waals surface area contributed by atoms with Crippen LogP contribution in [0.5, 0.6) is 0 Å². The zero-order chi connectivity index (χ0) is 15.8. The quantitative estimate of drug-likeness (QED) is 0.786. The van der Waals surface area contributed by atoms with Gasteiger partial charge in [-0.15, -0.1) is 11.3 Å². The van der Waals surface area contributed by atoms with Gasteiger partial charge in [-0.05, 0) is 38.0 Å². The lowest BCUT2D eigenvalue weighted by Gasteiger charge is -2.15. The Bertz CT molecular complexity index is 860. The summed E-state index contributed by atoms with van der Waals surface area (Å²) in [4.78, 5) is 16.9.